The molecule has 1 aliphatic heterocycles. The molecule has 2 aromatic rings. The Bertz CT molecular complexity index is 629. The monoisotopic (exact) mass is 268 g/mol. The fourth-order valence-corrected chi connectivity index (χ4v) is 2.85. The van der Waals surface area contributed by atoms with Gasteiger partial charge in [0.25, 0.3) is 0 Å². The number of hydrogen-bond donors (Lipinski definition) is 0. The first kappa shape index (κ1) is 11.5. The normalized spacial score (nSPS) is 21.1. The molecule has 0 spiro atoms. The van der Waals surface area contributed by atoms with E-state index in [1.54, 1.807) is 0 Å². The van der Waals surface area contributed by atoms with Crippen LogP contribution in [0.5, 0.6) is 5.75 Å². The number of hydrogen-bond acceptors (Lipinski definition) is 4. The summed E-state index contributed by atoms with van der Waals surface area (Å²) >= 11 is 1.23. The van der Waals surface area contributed by atoms with Crippen LogP contribution in [0.2, 0.25) is 0 Å². The van der Waals surface area contributed by atoms with Crippen molar-refractivity contribution >= 4 is 11.5 Å². The van der Waals surface area contributed by atoms with E-state index >= 15 is 0 Å². The molecule has 2 heterocycles. The zero-order valence-corrected chi connectivity index (χ0v) is 10.6. The zero-order valence-electron chi connectivity index (χ0n) is 9.83. The first-order chi connectivity index (χ1) is 8.55. The maximum absolute atomic E-state index is 13.3. The summed E-state index contributed by atoms with van der Waals surface area (Å²) in [5.74, 6) is -1.51. The molecule has 1 atom stereocenters. The maximum Gasteiger partial charge on any atom is 0.162 e. The largest absolute Gasteiger partial charge is 0.481 e. The molecule has 1 aromatic carbocycles. The minimum absolute atomic E-state index is 0.318. The summed E-state index contributed by atoms with van der Waals surface area (Å²) in [4.78, 5) is 0.850. The van der Waals surface area contributed by atoms with E-state index in [1.165, 1.54) is 11.5 Å². The van der Waals surface area contributed by atoms with Gasteiger partial charge in [-0.1, -0.05) is 11.4 Å². The van der Waals surface area contributed by atoms with Crippen LogP contribution >= 0.6 is 11.5 Å². The fourth-order valence-electron chi connectivity index (χ4n) is 2.03. The highest BCUT2D eigenvalue weighted by molar-refractivity contribution is 7.06. The number of fused-ring (bicyclic) bond motifs is 3. The molecule has 0 saturated carbocycles. The van der Waals surface area contributed by atoms with Crippen LogP contribution in [0.15, 0.2) is 12.1 Å². The lowest BCUT2D eigenvalue weighted by Gasteiger charge is -2.33. The van der Waals surface area contributed by atoms with Crippen LogP contribution in [0.1, 0.15) is 25.1 Å². The SMILES string of the molecule is CCC1(C)Oc2cc(F)c(F)cc2-c2nnsc21. The Labute approximate surface area is 107 Å². The van der Waals surface area contributed by atoms with Gasteiger partial charge < -0.3 is 4.74 Å². The first-order valence-corrected chi connectivity index (χ1v) is 6.34. The van der Waals surface area contributed by atoms with E-state index in [4.69, 9.17) is 4.74 Å². The number of rotatable bonds is 1. The van der Waals surface area contributed by atoms with Gasteiger partial charge in [0.15, 0.2) is 11.6 Å². The second-order valence-corrected chi connectivity index (χ2v) is 5.15. The Hall–Kier alpha value is -1.56. The molecule has 0 saturated heterocycles. The molecule has 3 nitrogen and oxygen atoms in total. The van der Waals surface area contributed by atoms with E-state index in [-0.39, 0.29) is 0 Å². The summed E-state index contributed by atoms with van der Waals surface area (Å²) in [5.41, 5.74) is 0.467. The summed E-state index contributed by atoms with van der Waals surface area (Å²) in [7, 11) is 0. The van der Waals surface area contributed by atoms with Crippen molar-refractivity contribution in [1.29, 1.82) is 0 Å². The molecular formula is C12H10F2N2OS. The van der Waals surface area contributed by atoms with Crippen molar-refractivity contribution in [3.05, 3.63) is 28.6 Å². The quantitative estimate of drug-likeness (QED) is 0.794. The Morgan fingerprint density at radius 1 is 1.33 bits per heavy atom. The number of halogens is 2. The van der Waals surface area contributed by atoms with Gasteiger partial charge in [-0.2, -0.15) is 0 Å². The third kappa shape index (κ3) is 1.45. The molecule has 18 heavy (non-hydrogen) atoms. The molecule has 1 unspecified atom stereocenters. The van der Waals surface area contributed by atoms with Crippen molar-refractivity contribution < 1.29 is 13.5 Å². The van der Waals surface area contributed by atoms with Gasteiger partial charge >= 0.3 is 0 Å². The second kappa shape index (κ2) is 3.71. The van der Waals surface area contributed by atoms with Crippen LogP contribution in [0.25, 0.3) is 11.3 Å². The van der Waals surface area contributed by atoms with Crippen LogP contribution in [-0.2, 0) is 5.60 Å². The lowest BCUT2D eigenvalue weighted by atomic mass is 9.93. The molecule has 0 radical (unpaired) electrons. The molecule has 0 aliphatic carbocycles. The fraction of sp³-hybridized carbons (Fsp3) is 0.333. The standard InChI is InChI=1S/C12H10F2N2OS/c1-3-12(2)11-10(15-16-18-11)6-4-7(13)8(14)5-9(6)17-12/h4-5H,3H2,1-2H3. The summed E-state index contributed by atoms with van der Waals surface area (Å²) in [6, 6.07) is 2.18. The van der Waals surface area contributed by atoms with Crippen LogP contribution in [0.4, 0.5) is 8.78 Å². The van der Waals surface area contributed by atoms with E-state index in [1.807, 2.05) is 13.8 Å². The minimum Gasteiger partial charge on any atom is -0.481 e. The summed E-state index contributed by atoms with van der Waals surface area (Å²) in [5, 5.41) is 4.01. The maximum atomic E-state index is 13.3. The van der Waals surface area contributed by atoms with E-state index in [0.717, 1.165) is 17.0 Å². The summed E-state index contributed by atoms with van der Waals surface area (Å²) in [6.45, 7) is 3.87. The molecule has 0 bridgehead atoms. The average Bonchev–Trinajstić information content (AvgIpc) is 2.82. The third-order valence-electron chi connectivity index (χ3n) is 3.26. The number of nitrogens with zero attached hydrogens (tertiary/aromatic N) is 2. The smallest absolute Gasteiger partial charge is 0.162 e. The van der Waals surface area contributed by atoms with Crippen molar-refractivity contribution in [3.63, 3.8) is 0 Å². The Morgan fingerprint density at radius 3 is 2.78 bits per heavy atom. The average molecular weight is 268 g/mol. The molecule has 94 valence electrons. The predicted molar refractivity (Wildman–Crippen MR) is 63.5 cm³/mol. The van der Waals surface area contributed by atoms with Gasteiger partial charge in [-0.05, 0) is 30.9 Å². The molecule has 0 fully saturated rings. The van der Waals surface area contributed by atoms with Crippen LogP contribution < -0.4 is 4.74 Å². The van der Waals surface area contributed by atoms with Crippen molar-refractivity contribution in [2.24, 2.45) is 0 Å². The van der Waals surface area contributed by atoms with Gasteiger partial charge in [0.2, 0.25) is 0 Å². The van der Waals surface area contributed by atoms with Crippen molar-refractivity contribution in [2.45, 2.75) is 25.9 Å². The van der Waals surface area contributed by atoms with Gasteiger partial charge in [-0.3, -0.25) is 0 Å². The molecule has 1 aliphatic rings. The molecule has 6 heteroatoms. The van der Waals surface area contributed by atoms with E-state index < -0.39 is 17.2 Å². The van der Waals surface area contributed by atoms with Gasteiger partial charge in [-0.25, -0.2) is 8.78 Å². The minimum atomic E-state index is -0.918. The van der Waals surface area contributed by atoms with Crippen molar-refractivity contribution in [3.8, 4) is 17.0 Å². The third-order valence-corrected chi connectivity index (χ3v) is 4.23. The second-order valence-electron chi connectivity index (χ2n) is 4.40. The topological polar surface area (TPSA) is 35.0 Å². The highest BCUT2D eigenvalue weighted by atomic mass is 32.1. The number of benzene rings is 1. The van der Waals surface area contributed by atoms with Gasteiger partial charge in [-0.15, -0.1) is 5.10 Å². The molecule has 1 aromatic heterocycles. The lowest BCUT2D eigenvalue weighted by Crippen LogP contribution is -2.31. The van der Waals surface area contributed by atoms with Gasteiger partial charge in [0.1, 0.15) is 17.0 Å². The van der Waals surface area contributed by atoms with E-state index in [2.05, 4.69) is 9.59 Å². The van der Waals surface area contributed by atoms with Crippen LogP contribution in [0.3, 0.4) is 0 Å². The number of ether oxygens (including phenoxy) is 1. The Morgan fingerprint density at radius 2 is 2.06 bits per heavy atom. The summed E-state index contributed by atoms with van der Waals surface area (Å²) < 4.78 is 36.3. The van der Waals surface area contributed by atoms with Gasteiger partial charge in [0, 0.05) is 11.6 Å². The molecular weight excluding hydrogens is 258 g/mol. The predicted octanol–water partition coefficient (Wildman–Crippen LogP) is 3.50. The lowest BCUT2D eigenvalue weighted by molar-refractivity contribution is 0.0828. The Balaban J connectivity index is 2.28. The van der Waals surface area contributed by atoms with Gasteiger partial charge in [0.05, 0.1) is 4.88 Å². The van der Waals surface area contributed by atoms with E-state index in [9.17, 15) is 8.78 Å². The molecule has 0 N–H and O–H groups in total. The highest BCUT2D eigenvalue weighted by Gasteiger charge is 2.39. The van der Waals surface area contributed by atoms with Crippen LogP contribution in [0, 0.1) is 11.6 Å². The van der Waals surface area contributed by atoms with Crippen molar-refractivity contribution in [1.82, 2.24) is 9.59 Å². The first-order valence-electron chi connectivity index (χ1n) is 5.56. The van der Waals surface area contributed by atoms with Crippen LogP contribution in [-0.4, -0.2) is 9.59 Å². The molecule has 3 rings (SSSR count). The zero-order chi connectivity index (χ0) is 12.9. The number of aromatic nitrogens is 2. The highest BCUT2D eigenvalue weighted by Crippen LogP contribution is 2.47. The van der Waals surface area contributed by atoms with E-state index in [0.29, 0.717) is 23.4 Å². The Kier molecular flexibility index (Phi) is 2.38. The summed E-state index contributed by atoms with van der Waals surface area (Å²) in [6.07, 6.45) is 0.697. The molecule has 0 amide bonds. The van der Waals surface area contributed by atoms with Crippen molar-refractivity contribution in [2.75, 3.05) is 0 Å².